The van der Waals surface area contributed by atoms with Gasteiger partial charge in [-0.05, 0) is 18.4 Å². The van der Waals surface area contributed by atoms with Gasteiger partial charge in [0.2, 0.25) is 6.10 Å². The van der Waals surface area contributed by atoms with E-state index in [2.05, 4.69) is 5.32 Å². The molecule has 0 saturated carbocycles. The number of carboxylic acid groups (broad SMARTS) is 1. The third-order valence-corrected chi connectivity index (χ3v) is 4.02. The van der Waals surface area contributed by atoms with Crippen LogP contribution in [-0.2, 0) is 14.3 Å². The Bertz CT molecular complexity index is 603. The lowest BCUT2D eigenvalue weighted by atomic mass is 9.94. The number of carbonyl (C=O) groups is 3. The standard InChI is InChI=1S/C15H16N2O5/c18-13-12(11(16-13)9-5-2-1-3-6-9)22-15(21)17-8-4-7-10(17)14(19)20/h1-3,5-6,10-12H,4,7-8H2,(H,16,18)(H,19,20)/t10?,11-,12+/m0/s1. The smallest absolute Gasteiger partial charge is 0.411 e. The summed E-state index contributed by atoms with van der Waals surface area (Å²) in [7, 11) is 0. The molecule has 3 atom stereocenters. The lowest BCUT2D eigenvalue weighted by molar-refractivity contribution is -0.145. The predicted molar refractivity (Wildman–Crippen MR) is 75.0 cm³/mol. The summed E-state index contributed by atoms with van der Waals surface area (Å²) < 4.78 is 5.24. The van der Waals surface area contributed by atoms with Crippen LogP contribution in [0.3, 0.4) is 0 Å². The highest BCUT2D eigenvalue weighted by molar-refractivity contribution is 5.91. The lowest BCUT2D eigenvalue weighted by Crippen LogP contribution is -2.59. The maximum Gasteiger partial charge on any atom is 0.411 e. The van der Waals surface area contributed by atoms with Crippen molar-refractivity contribution in [2.45, 2.75) is 31.0 Å². The molecule has 7 heteroatoms. The molecular formula is C15H16N2O5. The van der Waals surface area contributed by atoms with E-state index in [0.29, 0.717) is 19.4 Å². The minimum Gasteiger partial charge on any atom is -0.480 e. The van der Waals surface area contributed by atoms with E-state index in [1.807, 2.05) is 30.3 Å². The zero-order chi connectivity index (χ0) is 15.7. The van der Waals surface area contributed by atoms with Crippen LogP contribution in [0.1, 0.15) is 24.4 Å². The van der Waals surface area contributed by atoms with Crippen LogP contribution in [0.2, 0.25) is 0 Å². The number of benzene rings is 1. The number of carboxylic acids is 1. The van der Waals surface area contributed by atoms with Gasteiger partial charge in [0.15, 0.2) is 0 Å². The summed E-state index contributed by atoms with van der Waals surface area (Å²) >= 11 is 0. The van der Waals surface area contributed by atoms with Crippen molar-refractivity contribution in [3.63, 3.8) is 0 Å². The van der Waals surface area contributed by atoms with Crippen molar-refractivity contribution < 1.29 is 24.2 Å². The third kappa shape index (κ3) is 2.49. The Morgan fingerprint density at radius 1 is 1.27 bits per heavy atom. The SMILES string of the molecule is O=C(O)C1CCCN1C(=O)O[C@H]1C(=O)N[C@H]1c1ccccc1. The maximum absolute atomic E-state index is 12.1. The van der Waals surface area contributed by atoms with Crippen molar-refractivity contribution >= 4 is 18.0 Å². The van der Waals surface area contributed by atoms with Crippen LogP contribution in [0.15, 0.2) is 30.3 Å². The van der Waals surface area contributed by atoms with Gasteiger partial charge in [-0.25, -0.2) is 9.59 Å². The molecule has 2 fully saturated rings. The summed E-state index contributed by atoms with van der Waals surface area (Å²) in [5.74, 6) is -1.42. The van der Waals surface area contributed by atoms with Crippen molar-refractivity contribution in [2.75, 3.05) is 6.54 Å². The highest BCUT2D eigenvalue weighted by Crippen LogP contribution is 2.28. The predicted octanol–water partition coefficient (Wildman–Crippen LogP) is 0.912. The minimum atomic E-state index is -1.05. The molecule has 7 nitrogen and oxygen atoms in total. The Kier molecular flexibility index (Phi) is 3.70. The van der Waals surface area contributed by atoms with Crippen LogP contribution in [0.25, 0.3) is 0 Å². The van der Waals surface area contributed by atoms with Gasteiger partial charge in [-0.3, -0.25) is 9.69 Å². The van der Waals surface area contributed by atoms with Crippen LogP contribution in [0.4, 0.5) is 4.79 Å². The Balaban J connectivity index is 1.68. The molecule has 2 amide bonds. The van der Waals surface area contributed by atoms with E-state index in [0.717, 1.165) is 5.56 Å². The quantitative estimate of drug-likeness (QED) is 0.809. The average Bonchev–Trinajstić information content (AvgIpc) is 3.00. The number of carbonyl (C=O) groups excluding carboxylic acids is 2. The summed E-state index contributed by atoms with van der Waals surface area (Å²) in [6, 6.07) is 7.93. The fraction of sp³-hybridized carbons (Fsp3) is 0.400. The number of hydrogen-bond donors (Lipinski definition) is 2. The Hall–Kier alpha value is -2.57. The fourth-order valence-electron chi connectivity index (χ4n) is 2.82. The molecule has 0 radical (unpaired) electrons. The van der Waals surface area contributed by atoms with E-state index in [4.69, 9.17) is 9.84 Å². The van der Waals surface area contributed by atoms with Crippen molar-refractivity contribution in [1.29, 1.82) is 0 Å². The summed E-state index contributed by atoms with van der Waals surface area (Å²) in [4.78, 5) is 36.1. The molecule has 0 aliphatic carbocycles. The number of β-lactam (4-membered cyclic amide) rings is 1. The Labute approximate surface area is 126 Å². The second-order valence-corrected chi connectivity index (χ2v) is 5.39. The fourth-order valence-corrected chi connectivity index (χ4v) is 2.82. The van der Waals surface area contributed by atoms with Gasteiger partial charge in [0.1, 0.15) is 12.1 Å². The first-order valence-corrected chi connectivity index (χ1v) is 7.13. The highest BCUT2D eigenvalue weighted by atomic mass is 16.6. The highest BCUT2D eigenvalue weighted by Gasteiger charge is 2.45. The summed E-state index contributed by atoms with van der Waals surface area (Å²) in [6.45, 7) is 0.333. The zero-order valence-corrected chi connectivity index (χ0v) is 11.8. The average molecular weight is 304 g/mol. The van der Waals surface area contributed by atoms with Crippen LogP contribution in [0, 0.1) is 0 Å². The van der Waals surface area contributed by atoms with Crippen molar-refractivity contribution in [3.05, 3.63) is 35.9 Å². The summed E-state index contributed by atoms with van der Waals surface area (Å²) in [6.07, 6.45) is -0.635. The summed E-state index contributed by atoms with van der Waals surface area (Å²) in [5.41, 5.74) is 0.844. The van der Waals surface area contributed by atoms with Gasteiger partial charge in [0, 0.05) is 6.54 Å². The topological polar surface area (TPSA) is 95.9 Å². The van der Waals surface area contributed by atoms with Crippen LogP contribution in [0.5, 0.6) is 0 Å². The van der Waals surface area contributed by atoms with Gasteiger partial charge in [-0.1, -0.05) is 30.3 Å². The number of rotatable bonds is 3. The molecule has 1 unspecified atom stereocenters. The van der Waals surface area contributed by atoms with E-state index < -0.39 is 24.2 Å². The van der Waals surface area contributed by atoms with Gasteiger partial charge in [0.25, 0.3) is 5.91 Å². The van der Waals surface area contributed by atoms with Gasteiger partial charge >= 0.3 is 12.1 Å². The van der Waals surface area contributed by atoms with Gasteiger partial charge in [0.05, 0.1) is 0 Å². The third-order valence-electron chi connectivity index (χ3n) is 4.02. The number of aliphatic carboxylic acids is 1. The Morgan fingerprint density at radius 3 is 2.64 bits per heavy atom. The van der Waals surface area contributed by atoms with Gasteiger partial charge in [-0.15, -0.1) is 0 Å². The molecule has 0 aromatic heterocycles. The molecule has 2 heterocycles. The van der Waals surface area contributed by atoms with Crippen molar-refractivity contribution in [1.82, 2.24) is 10.2 Å². The molecule has 2 aliphatic heterocycles. The molecule has 2 aliphatic rings. The van der Waals surface area contributed by atoms with E-state index in [-0.39, 0.29) is 11.9 Å². The Morgan fingerprint density at radius 2 is 2.00 bits per heavy atom. The molecule has 1 aromatic carbocycles. The number of hydrogen-bond acceptors (Lipinski definition) is 4. The lowest BCUT2D eigenvalue weighted by Gasteiger charge is -2.37. The first kappa shape index (κ1) is 14.4. The number of ether oxygens (including phenoxy) is 1. The molecule has 2 saturated heterocycles. The van der Waals surface area contributed by atoms with Crippen molar-refractivity contribution in [3.8, 4) is 0 Å². The molecular weight excluding hydrogens is 288 g/mol. The number of likely N-dealkylation sites (tertiary alicyclic amines) is 1. The molecule has 22 heavy (non-hydrogen) atoms. The molecule has 116 valence electrons. The second-order valence-electron chi connectivity index (χ2n) is 5.39. The van der Waals surface area contributed by atoms with E-state index in [1.54, 1.807) is 0 Å². The minimum absolute atomic E-state index is 0.333. The molecule has 2 N–H and O–H groups in total. The van der Waals surface area contributed by atoms with Crippen LogP contribution < -0.4 is 5.32 Å². The number of nitrogens with one attached hydrogen (secondary N) is 1. The van der Waals surface area contributed by atoms with Crippen LogP contribution in [-0.4, -0.2) is 46.7 Å². The molecule has 0 spiro atoms. The summed E-state index contributed by atoms with van der Waals surface area (Å²) in [5, 5.41) is 11.8. The van der Waals surface area contributed by atoms with Gasteiger partial charge < -0.3 is 15.2 Å². The van der Waals surface area contributed by atoms with Gasteiger partial charge in [-0.2, -0.15) is 0 Å². The largest absolute Gasteiger partial charge is 0.480 e. The van der Waals surface area contributed by atoms with E-state index in [1.165, 1.54) is 4.90 Å². The van der Waals surface area contributed by atoms with E-state index in [9.17, 15) is 14.4 Å². The first-order valence-electron chi connectivity index (χ1n) is 7.13. The van der Waals surface area contributed by atoms with E-state index >= 15 is 0 Å². The monoisotopic (exact) mass is 304 g/mol. The number of amides is 2. The molecule has 0 bridgehead atoms. The maximum atomic E-state index is 12.1. The molecule has 3 rings (SSSR count). The zero-order valence-electron chi connectivity index (χ0n) is 11.8. The normalized spacial score (nSPS) is 27.0. The number of nitrogens with zero attached hydrogens (tertiary/aromatic N) is 1. The van der Waals surface area contributed by atoms with Crippen molar-refractivity contribution in [2.24, 2.45) is 0 Å². The second kappa shape index (κ2) is 5.67. The first-order chi connectivity index (χ1) is 10.6. The molecule has 1 aromatic rings. The van der Waals surface area contributed by atoms with Crippen LogP contribution >= 0.6 is 0 Å².